The number of hydrogen-bond acceptors (Lipinski definition) is 5. The molecule has 27 heavy (non-hydrogen) atoms. The number of nitrogens with zero attached hydrogens (tertiary/aromatic N) is 1. The Balaban J connectivity index is 1.60. The minimum absolute atomic E-state index is 0.0581. The molecule has 3 rings (SSSR count). The molecule has 1 aromatic heterocycles. The molecule has 2 N–H and O–H groups in total. The summed E-state index contributed by atoms with van der Waals surface area (Å²) in [5, 5.41) is 7.01. The predicted molar refractivity (Wildman–Crippen MR) is 109 cm³/mol. The van der Waals surface area contributed by atoms with Crippen LogP contribution in [0.15, 0.2) is 24.3 Å². The molecule has 2 aromatic rings. The monoisotopic (exact) mass is 389 g/mol. The van der Waals surface area contributed by atoms with Crippen LogP contribution in [0, 0.1) is 6.92 Å². The maximum absolute atomic E-state index is 12.7. The molecule has 1 aliphatic rings. The highest BCUT2D eigenvalue weighted by atomic mass is 32.1. The lowest BCUT2D eigenvalue weighted by Crippen LogP contribution is -2.40. The predicted octanol–water partition coefficient (Wildman–Crippen LogP) is 3.75. The molecule has 2 amide bonds. The van der Waals surface area contributed by atoms with Crippen molar-refractivity contribution >= 4 is 39.1 Å². The lowest BCUT2D eigenvalue weighted by Gasteiger charge is -2.21. The fourth-order valence-electron chi connectivity index (χ4n) is 3.36. The molecule has 2 heterocycles. The van der Waals surface area contributed by atoms with E-state index in [1.807, 2.05) is 50.9 Å². The van der Waals surface area contributed by atoms with Gasteiger partial charge < -0.3 is 15.4 Å². The van der Waals surface area contributed by atoms with Crippen LogP contribution in [0.5, 0.6) is 0 Å². The Labute approximate surface area is 163 Å². The van der Waals surface area contributed by atoms with E-state index in [1.165, 1.54) is 9.58 Å². The average Bonchev–Trinajstić information content (AvgIpc) is 3.06. The van der Waals surface area contributed by atoms with Gasteiger partial charge in [0.15, 0.2) is 0 Å². The number of likely N-dealkylation sites (tertiary alicyclic amines) is 1. The summed E-state index contributed by atoms with van der Waals surface area (Å²) in [6.45, 7) is 8.18. The maximum Gasteiger partial charge on any atom is 0.407 e. The van der Waals surface area contributed by atoms with Gasteiger partial charge in [0.25, 0.3) is 0 Å². The van der Waals surface area contributed by atoms with E-state index in [-0.39, 0.29) is 18.0 Å². The zero-order chi connectivity index (χ0) is 19.8. The van der Waals surface area contributed by atoms with Gasteiger partial charge >= 0.3 is 6.09 Å². The highest BCUT2D eigenvalue weighted by Crippen LogP contribution is 2.28. The largest absolute Gasteiger partial charge is 0.444 e. The molecular weight excluding hydrogens is 362 g/mol. The standard InChI is InChI=1S/C20H27N3O3S/c1-12-8-13-9-14(6-7-17(13)27-12)21-18(24)16-10-15(11-23(16)5)22-19(25)26-20(2,3)4/h6-9,15-16H,10-11H2,1-5H3,(H,21,24)(H,22,25). The average molecular weight is 390 g/mol. The summed E-state index contributed by atoms with van der Waals surface area (Å²) in [5.74, 6) is -0.0581. The molecule has 0 spiro atoms. The quantitative estimate of drug-likeness (QED) is 0.839. The summed E-state index contributed by atoms with van der Waals surface area (Å²) in [6, 6.07) is 7.70. The zero-order valence-corrected chi connectivity index (χ0v) is 17.3. The highest BCUT2D eigenvalue weighted by molar-refractivity contribution is 7.19. The molecule has 1 aromatic carbocycles. The van der Waals surface area contributed by atoms with E-state index in [0.29, 0.717) is 13.0 Å². The van der Waals surface area contributed by atoms with Gasteiger partial charge in [0.1, 0.15) is 5.60 Å². The molecule has 0 bridgehead atoms. The van der Waals surface area contributed by atoms with Crippen LogP contribution < -0.4 is 10.6 Å². The Morgan fingerprint density at radius 3 is 2.70 bits per heavy atom. The SMILES string of the molecule is Cc1cc2cc(NC(=O)C3CC(NC(=O)OC(C)(C)C)CN3C)ccc2s1. The number of carbonyl (C=O) groups is 2. The fourth-order valence-corrected chi connectivity index (χ4v) is 4.27. The number of benzene rings is 1. The van der Waals surface area contributed by atoms with E-state index in [0.717, 1.165) is 11.1 Å². The molecule has 7 heteroatoms. The second-order valence-electron chi connectivity index (χ2n) is 8.13. The summed E-state index contributed by atoms with van der Waals surface area (Å²) in [7, 11) is 1.90. The van der Waals surface area contributed by atoms with Crippen molar-refractivity contribution < 1.29 is 14.3 Å². The number of hydrogen-bond donors (Lipinski definition) is 2. The number of likely N-dealkylation sites (N-methyl/N-ethyl adjacent to an activating group) is 1. The highest BCUT2D eigenvalue weighted by Gasteiger charge is 2.36. The normalized spacial score (nSPS) is 20.6. The van der Waals surface area contributed by atoms with Gasteiger partial charge in [-0.15, -0.1) is 11.3 Å². The van der Waals surface area contributed by atoms with Gasteiger partial charge in [0.05, 0.1) is 6.04 Å². The number of alkyl carbamates (subject to hydrolysis) is 1. The molecule has 6 nitrogen and oxygen atoms in total. The number of amides is 2. The number of carbonyl (C=O) groups excluding carboxylic acids is 2. The lowest BCUT2D eigenvalue weighted by atomic mass is 10.1. The first-order chi connectivity index (χ1) is 12.6. The molecule has 0 radical (unpaired) electrons. The Kier molecular flexibility index (Phi) is 5.44. The first-order valence-corrected chi connectivity index (χ1v) is 9.93. The number of aryl methyl sites for hydroxylation is 1. The van der Waals surface area contributed by atoms with E-state index in [1.54, 1.807) is 11.3 Å². The molecule has 0 saturated carbocycles. The summed E-state index contributed by atoms with van der Waals surface area (Å²) < 4.78 is 6.51. The Morgan fingerprint density at radius 1 is 1.26 bits per heavy atom. The molecule has 1 aliphatic heterocycles. The van der Waals surface area contributed by atoms with Gasteiger partial charge in [0, 0.05) is 27.9 Å². The Bertz CT molecular complexity index is 856. The summed E-state index contributed by atoms with van der Waals surface area (Å²) in [6.07, 6.45) is 0.113. The minimum atomic E-state index is -0.538. The van der Waals surface area contributed by atoms with Crippen LogP contribution in [0.4, 0.5) is 10.5 Å². The van der Waals surface area contributed by atoms with Crippen molar-refractivity contribution in [3.63, 3.8) is 0 Å². The third-order valence-electron chi connectivity index (χ3n) is 4.48. The van der Waals surface area contributed by atoms with Crippen molar-refractivity contribution in [3.05, 3.63) is 29.1 Å². The summed E-state index contributed by atoms with van der Waals surface area (Å²) in [5.41, 5.74) is 0.256. The van der Waals surface area contributed by atoms with Crippen LogP contribution in [-0.4, -0.2) is 48.2 Å². The van der Waals surface area contributed by atoms with Crippen LogP contribution in [0.25, 0.3) is 10.1 Å². The van der Waals surface area contributed by atoms with Gasteiger partial charge in [-0.1, -0.05) is 0 Å². The number of nitrogens with one attached hydrogen (secondary N) is 2. The van der Waals surface area contributed by atoms with Crippen molar-refractivity contribution in [1.82, 2.24) is 10.2 Å². The van der Waals surface area contributed by atoms with Crippen LogP contribution in [0.3, 0.4) is 0 Å². The second kappa shape index (κ2) is 7.48. The topological polar surface area (TPSA) is 70.7 Å². The second-order valence-corrected chi connectivity index (χ2v) is 9.42. The van der Waals surface area contributed by atoms with E-state index in [9.17, 15) is 9.59 Å². The van der Waals surface area contributed by atoms with E-state index in [2.05, 4.69) is 23.6 Å². The van der Waals surface area contributed by atoms with Crippen LogP contribution in [-0.2, 0) is 9.53 Å². The third kappa shape index (κ3) is 4.99. The number of rotatable bonds is 3. The van der Waals surface area contributed by atoms with E-state index < -0.39 is 11.7 Å². The van der Waals surface area contributed by atoms with Crippen LogP contribution in [0.1, 0.15) is 32.1 Å². The van der Waals surface area contributed by atoms with Crippen molar-refractivity contribution in [2.24, 2.45) is 0 Å². The molecule has 2 unspecified atom stereocenters. The van der Waals surface area contributed by atoms with Crippen molar-refractivity contribution in [1.29, 1.82) is 0 Å². The van der Waals surface area contributed by atoms with Crippen molar-refractivity contribution in [2.45, 2.75) is 51.8 Å². The number of anilines is 1. The van der Waals surface area contributed by atoms with Gasteiger partial charge in [-0.05, 0) is 70.8 Å². The first kappa shape index (κ1) is 19.6. The minimum Gasteiger partial charge on any atom is -0.444 e. The van der Waals surface area contributed by atoms with Crippen LogP contribution in [0.2, 0.25) is 0 Å². The summed E-state index contributed by atoms with van der Waals surface area (Å²) in [4.78, 5) is 27.9. The van der Waals surface area contributed by atoms with E-state index >= 15 is 0 Å². The Morgan fingerprint density at radius 2 is 2.00 bits per heavy atom. The molecule has 0 aliphatic carbocycles. The smallest absolute Gasteiger partial charge is 0.407 e. The van der Waals surface area contributed by atoms with Gasteiger partial charge in [0.2, 0.25) is 5.91 Å². The van der Waals surface area contributed by atoms with Gasteiger partial charge in [-0.3, -0.25) is 9.69 Å². The van der Waals surface area contributed by atoms with Gasteiger partial charge in [-0.2, -0.15) is 0 Å². The van der Waals surface area contributed by atoms with E-state index in [4.69, 9.17) is 4.74 Å². The molecule has 1 fully saturated rings. The van der Waals surface area contributed by atoms with Crippen LogP contribution >= 0.6 is 11.3 Å². The van der Waals surface area contributed by atoms with Gasteiger partial charge in [-0.25, -0.2) is 4.79 Å². The van der Waals surface area contributed by atoms with Crippen molar-refractivity contribution in [3.8, 4) is 0 Å². The molecule has 2 atom stereocenters. The molecule has 146 valence electrons. The number of thiophene rings is 1. The first-order valence-electron chi connectivity index (χ1n) is 9.11. The molecule has 1 saturated heterocycles. The lowest BCUT2D eigenvalue weighted by molar-refractivity contribution is -0.119. The zero-order valence-electron chi connectivity index (χ0n) is 16.5. The fraction of sp³-hybridized carbons (Fsp3) is 0.500. The third-order valence-corrected chi connectivity index (χ3v) is 5.51. The number of ether oxygens (including phenoxy) is 1. The summed E-state index contributed by atoms with van der Waals surface area (Å²) >= 11 is 1.74. The molecular formula is C20H27N3O3S. The maximum atomic E-state index is 12.7. The van der Waals surface area contributed by atoms with Crippen molar-refractivity contribution in [2.75, 3.05) is 18.9 Å². The number of fused-ring (bicyclic) bond motifs is 1. The Hall–Kier alpha value is -2.12.